The van der Waals surface area contributed by atoms with Crippen LogP contribution >= 0.6 is 11.6 Å². The molecule has 0 radical (unpaired) electrons. The molecule has 5 heteroatoms. The van der Waals surface area contributed by atoms with Crippen molar-refractivity contribution in [2.75, 3.05) is 7.11 Å². The average molecular weight is 307 g/mol. The summed E-state index contributed by atoms with van der Waals surface area (Å²) >= 11 is 6.12. The Morgan fingerprint density at radius 3 is 2.48 bits per heavy atom. The maximum absolute atomic E-state index is 11.0. The van der Waals surface area contributed by atoms with E-state index in [-0.39, 0.29) is 16.7 Å². The van der Waals surface area contributed by atoms with E-state index in [9.17, 15) is 4.79 Å². The van der Waals surface area contributed by atoms with Crippen molar-refractivity contribution in [1.82, 2.24) is 0 Å². The van der Waals surface area contributed by atoms with Crippen LogP contribution in [0.3, 0.4) is 0 Å². The minimum absolute atomic E-state index is 0.0524. The highest BCUT2D eigenvalue weighted by Gasteiger charge is 2.18. The van der Waals surface area contributed by atoms with Crippen LogP contribution in [-0.2, 0) is 0 Å². The van der Waals surface area contributed by atoms with Gasteiger partial charge in [-0.3, -0.25) is 0 Å². The molecule has 2 aromatic carbocycles. The van der Waals surface area contributed by atoms with Crippen molar-refractivity contribution in [3.8, 4) is 11.5 Å². The molecule has 1 N–H and O–H groups in total. The molecular weight excluding hydrogens is 292 g/mol. The van der Waals surface area contributed by atoms with Crippen molar-refractivity contribution in [1.29, 1.82) is 0 Å². The quantitative estimate of drug-likeness (QED) is 0.900. The third kappa shape index (κ3) is 3.47. The first-order valence-corrected chi connectivity index (χ1v) is 6.73. The predicted octanol–water partition coefficient (Wildman–Crippen LogP) is 4.19. The smallest absolute Gasteiger partial charge is 0.335 e. The van der Waals surface area contributed by atoms with Gasteiger partial charge in [-0.25, -0.2) is 4.79 Å². The van der Waals surface area contributed by atoms with Gasteiger partial charge in [0, 0.05) is 0 Å². The molecule has 2 aromatic rings. The van der Waals surface area contributed by atoms with E-state index in [4.69, 9.17) is 26.2 Å². The first kappa shape index (κ1) is 15.2. The molecule has 2 rings (SSSR count). The largest absolute Gasteiger partial charge is 0.493 e. The van der Waals surface area contributed by atoms with Gasteiger partial charge in [0.2, 0.25) is 0 Å². The second-order valence-corrected chi connectivity index (χ2v) is 4.87. The normalized spacial score (nSPS) is 11.8. The molecule has 0 aliphatic rings. The van der Waals surface area contributed by atoms with Crippen molar-refractivity contribution in [2.24, 2.45) is 0 Å². The second-order valence-electron chi connectivity index (χ2n) is 4.47. The first-order valence-electron chi connectivity index (χ1n) is 6.35. The molecule has 0 saturated carbocycles. The van der Waals surface area contributed by atoms with Gasteiger partial charge in [-0.1, -0.05) is 41.9 Å². The molecule has 0 heterocycles. The number of aromatic carboxylic acids is 1. The maximum Gasteiger partial charge on any atom is 0.335 e. The minimum atomic E-state index is -1.07. The topological polar surface area (TPSA) is 55.8 Å². The molecule has 4 nitrogen and oxygen atoms in total. The van der Waals surface area contributed by atoms with Crippen molar-refractivity contribution in [3.05, 3.63) is 58.6 Å². The zero-order valence-electron chi connectivity index (χ0n) is 11.7. The fourth-order valence-electron chi connectivity index (χ4n) is 1.93. The molecule has 0 spiro atoms. The lowest BCUT2D eigenvalue weighted by Gasteiger charge is -2.18. The summed E-state index contributed by atoms with van der Waals surface area (Å²) in [5.74, 6) is -0.443. The Kier molecular flexibility index (Phi) is 4.70. The van der Waals surface area contributed by atoms with Gasteiger partial charge in [0.1, 0.15) is 6.10 Å². The number of carboxylic acids is 1. The van der Waals surface area contributed by atoms with Crippen LogP contribution in [0.15, 0.2) is 42.5 Å². The lowest BCUT2D eigenvalue weighted by atomic mass is 10.1. The molecule has 0 amide bonds. The Hall–Kier alpha value is -2.20. The summed E-state index contributed by atoms with van der Waals surface area (Å²) in [6, 6.07) is 12.4. The summed E-state index contributed by atoms with van der Waals surface area (Å²) in [4.78, 5) is 11.0. The monoisotopic (exact) mass is 306 g/mol. The lowest BCUT2D eigenvalue weighted by Crippen LogP contribution is -2.06. The number of benzene rings is 2. The van der Waals surface area contributed by atoms with Gasteiger partial charge in [-0.2, -0.15) is 0 Å². The van der Waals surface area contributed by atoms with E-state index in [1.807, 2.05) is 37.3 Å². The number of carbonyl (C=O) groups is 1. The molecule has 0 saturated heterocycles. The zero-order valence-corrected chi connectivity index (χ0v) is 12.4. The van der Waals surface area contributed by atoms with Crippen LogP contribution in [0.1, 0.15) is 28.9 Å². The van der Waals surface area contributed by atoms with E-state index < -0.39 is 5.97 Å². The van der Waals surface area contributed by atoms with Crippen molar-refractivity contribution in [2.45, 2.75) is 13.0 Å². The third-order valence-corrected chi connectivity index (χ3v) is 3.32. The van der Waals surface area contributed by atoms with E-state index in [0.29, 0.717) is 11.5 Å². The highest BCUT2D eigenvalue weighted by molar-refractivity contribution is 6.32. The molecule has 1 atom stereocenters. The summed E-state index contributed by atoms with van der Waals surface area (Å²) in [6.45, 7) is 1.89. The van der Waals surface area contributed by atoms with Crippen LogP contribution in [0.25, 0.3) is 0 Å². The highest BCUT2D eigenvalue weighted by atomic mass is 35.5. The van der Waals surface area contributed by atoms with E-state index in [1.165, 1.54) is 19.2 Å². The Labute approximate surface area is 127 Å². The Morgan fingerprint density at radius 2 is 1.90 bits per heavy atom. The highest BCUT2D eigenvalue weighted by Crippen LogP contribution is 2.39. The molecule has 21 heavy (non-hydrogen) atoms. The molecule has 0 aromatic heterocycles. The first-order chi connectivity index (χ1) is 10.0. The van der Waals surface area contributed by atoms with E-state index in [0.717, 1.165) is 5.56 Å². The number of hydrogen-bond acceptors (Lipinski definition) is 3. The van der Waals surface area contributed by atoms with E-state index >= 15 is 0 Å². The van der Waals surface area contributed by atoms with Crippen LogP contribution in [0.2, 0.25) is 5.02 Å². The summed E-state index contributed by atoms with van der Waals surface area (Å²) in [6.07, 6.45) is -0.242. The standard InChI is InChI=1S/C16H15ClO4/c1-10(11-6-4-3-5-7-11)21-15-13(17)8-12(16(18)19)9-14(15)20-2/h3-10H,1-2H3,(H,18,19). The summed E-state index contributed by atoms with van der Waals surface area (Å²) in [5, 5.41) is 9.23. The Morgan fingerprint density at radius 1 is 1.24 bits per heavy atom. The fraction of sp³-hybridized carbons (Fsp3) is 0.188. The summed E-state index contributed by atoms with van der Waals surface area (Å²) in [7, 11) is 1.44. The average Bonchev–Trinajstić information content (AvgIpc) is 2.49. The molecule has 0 aliphatic heterocycles. The van der Waals surface area contributed by atoms with Gasteiger partial charge in [0.25, 0.3) is 0 Å². The van der Waals surface area contributed by atoms with Crippen LogP contribution < -0.4 is 9.47 Å². The van der Waals surface area contributed by atoms with Gasteiger partial charge in [0.15, 0.2) is 11.5 Å². The molecule has 0 bridgehead atoms. The molecule has 110 valence electrons. The molecule has 0 aliphatic carbocycles. The van der Waals surface area contributed by atoms with Crippen LogP contribution in [0, 0.1) is 0 Å². The van der Waals surface area contributed by atoms with Crippen LogP contribution in [0.4, 0.5) is 0 Å². The number of ether oxygens (including phenoxy) is 2. The summed E-state index contributed by atoms with van der Waals surface area (Å²) < 4.78 is 11.0. The van der Waals surface area contributed by atoms with Crippen molar-refractivity contribution < 1.29 is 19.4 Å². The maximum atomic E-state index is 11.0. The van der Waals surface area contributed by atoms with Crippen LogP contribution in [0.5, 0.6) is 11.5 Å². The molecule has 0 fully saturated rings. The van der Waals surface area contributed by atoms with Gasteiger partial charge < -0.3 is 14.6 Å². The summed E-state index contributed by atoms with van der Waals surface area (Å²) in [5.41, 5.74) is 1.04. The number of rotatable bonds is 5. The van der Waals surface area contributed by atoms with E-state index in [2.05, 4.69) is 0 Å². The predicted molar refractivity (Wildman–Crippen MR) is 80.4 cm³/mol. The van der Waals surface area contributed by atoms with Gasteiger partial charge >= 0.3 is 5.97 Å². The Balaban J connectivity index is 2.33. The SMILES string of the molecule is COc1cc(C(=O)O)cc(Cl)c1OC(C)c1ccccc1. The minimum Gasteiger partial charge on any atom is -0.493 e. The molecule has 1 unspecified atom stereocenters. The lowest BCUT2D eigenvalue weighted by molar-refractivity contribution is 0.0696. The van der Waals surface area contributed by atoms with Crippen LogP contribution in [-0.4, -0.2) is 18.2 Å². The van der Waals surface area contributed by atoms with Gasteiger partial charge in [-0.05, 0) is 24.6 Å². The number of halogens is 1. The number of hydrogen-bond donors (Lipinski definition) is 1. The van der Waals surface area contributed by atoms with Gasteiger partial charge in [0.05, 0.1) is 17.7 Å². The third-order valence-electron chi connectivity index (χ3n) is 3.04. The number of carboxylic acid groups (broad SMARTS) is 1. The number of methoxy groups -OCH3 is 1. The Bertz CT molecular complexity index is 640. The van der Waals surface area contributed by atoms with Gasteiger partial charge in [-0.15, -0.1) is 0 Å². The van der Waals surface area contributed by atoms with Crippen molar-refractivity contribution >= 4 is 17.6 Å². The van der Waals surface area contributed by atoms with Crippen molar-refractivity contribution in [3.63, 3.8) is 0 Å². The second kappa shape index (κ2) is 6.50. The van der Waals surface area contributed by atoms with E-state index in [1.54, 1.807) is 0 Å². The molecular formula is C16H15ClO4. The zero-order chi connectivity index (χ0) is 15.4. The fourth-order valence-corrected chi connectivity index (χ4v) is 2.18.